The molecule has 9 heterocycles. The molecule has 0 bridgehead atoms. The SMILES string of the molecule is Cc1nc(N[C@H](C)c2ccc(OC(F)(F)F)cc2)nc(NC2C[C@H](CO)[C@@H](OC(C)c3nccc4sc(-c5c(C)nc(N[C@H](C)c6ccc(OC(F)(F)F)cc6)nc5NC5C[C@H](CO)[C@@H](O)[C@H]5O)nc34)[C@H]2O)c1-c1nc2c(CCC(=O)OO[C@H]3C(Nc4nc(N[C@H](C)c5ccc(OC(F)(F)F)cc5)nc(C)c4-c4nc5c(CCN)nccc5s4)C[C@H](CO)[C@H]3O)nccc2s1. The summed E-state index contributed by atoms with van der Waals surface area (Å²) in [5.41, 5.74) is 12.7. The number of thiazole rings is 3. The number of nitrogens with one attached hydrogen (secondary N) is 6. The fourth-order valence-electron chi connectivity index (χ4n) is 16.3. The summed E-state index contributed by atoms with van der Waals surface area (Å²) in [6, 6.07) is 16.6. The van der Waals surface area contributed by atoms with Crippen LogP contribution in [0.1, 0.15) is 128 Å². The normalized spacial score (nSPS) is 21.6. The Bertz CT molecular complexity index is 6020. The molecule has 3 saturated carbocycles. The van der Waals surface area contributed by atoms with Crippen LogP contribution in [0.3, 0.4) is 0 Å². The van der Waals surface area contributed by atoms with Crippen LogP contribution in [0.4, 0.5) is 74.8 Å². The maximum Gasteiger partial charge on any atom is 0.573 e. The molecule has 0 saturated heterocycles. The number of nitrogens with two attached hydrogens (primary N) is 1. The Morgan fingerprint density at radius 2 is 0.823 bits per heavy atom. The van der Waals surface area contributed by atoms with E-state index >= 15 is 0 Å². The molecule has 0 aliphatic heterocycles. The number of benzene rings is 3. The molecule has 0 amide bonds. The number of alkyl halides is 9. The first-order chi connectivity index (χ1) is 62.0. The third-order valence-electron chi connectivity index (χ3n) is 22.9. The zero-order valence-corrected chi connectivity index (χ0v) is 72.7. The minimum Gasteiger partial charge on any atom is -0.406 e. The van der Waals surface area contributed by atoms with Crippen molar-refractivity contribution >= 4 is 106 Å². The fraction of sp³-hybridized carbons (Fsp3) is 0.424. The van der Waals surface area contributed by atoms with Crippen molar-refractivity contribution < 1.29 is 109 Å². The van der Waals surface area contributed by atoms with Crippen molar-refractivity contribution in [3.8, 4) is 49.0 Å². The third kappa shape index (κ3) is 21.3. The molecule has 33 nitrogen and oxygen atoms in total. The molecule has 3 fully saturated rings. The summed E-state index contributed by atoms with van der Waals surface area (Å²) in [6.45, 7) is 11.0. The van der Waals surface area contributed by atoms with Crippen molar-refractivity contribution in [3.63, 3.8) is 0 Å². The first kappa shape index (κ1) is 93.3. The van der Waals surface area contributed by atoms with Crippen molar-refractivity contribution in [2.24, 2.45) is 23.5 Å². The number of aliphatic hydroxyl groups excluding tert-OH is 7. The van der Waals surface area contributed by atoms with Crippen molar-refractivity contribution in [1.29, 1.82) is 0 Å². The Balaban J connectivity index is 0.674. The summed E-state index contributed by atoms with van der Waals surface area (Å²) < 4.78 is 139. The topological polar surface area (TPSA) is 467 Å². The Hall–Kier alpha value is -11.3. The number of hydrogen-bond donors (Lipinski definition) is 14. The summed E-state index contributed by atoms with van der Waals surface area (Å²) in [4.78, 5) is 83.6. The highest BCUT2D eigenvalue weighted by molar-refractivity contribution is 7.22. The van der Waals surface area contributed by atoms with Gasteiger partial charge in [0, 0.05) is 69.0 Å². The number of pyridine rings is 3. The van der Waals surface area contributed by atoms with Crippen LogP contribution >= 0.6 is 34.0 Å². The van der Waals surface area contributed by atoms with E-state index in [9.17, 15) is 80.1 Å². The Morgan fingerprint density at radius 1 is 0.454 bits per heavy atom. The van der Waals surface area contributed by atoms with Gasteiger partial charge in [0.05, 0.1) is 132 Å². The average molecular weight is 1870 g/mol. The van der Waals surface area contributed by atoms with Crippen molar-refractivity contribution in [3.05, 3.63) is 160 Å². The lowest BCUT2D eigenvalue weighted by Gasteiger charge is -2.26. The molecule has 9 aromatic heterocycles. The molecule has 3 aliphatic carbocycles. The quantitative estimate of drug-likeness (QED) is 0.0101. The number of aliphatic hydroxyl groups is 7. The Morgan fingerprint density at radius 3 is 1.23 bits per heavy atom. The second-order valence-corrected chi connectivity index (χ2v) is 35.0. The number of anilines is 6. The number of carbonyl (C=O) groups excluding carboxylic acids is 1. The third-order valence-corrected chi connectivity index (χ3v) is 26.0. The summed E-state index contributed by atoms with van der Waals surface area (Å²) in [6.07, 6.45) is -18.4. The molecule has 45 heteroatoms. The zero-order valence-electron chi connectivity index (χ0n) is 70.3. The van der Waals surface area contributed by atoms with E-state index in [0.717, 1.165) is 4.70 Å². The number of halogens is 9. The van der Waals surface area contributed by atoms with Crippen LogP contribution in [0.25, 0.3) is 62.4 Å². The molecule has 4 unspecified atom stereocenters. The molecule has 690 valence electrons. The second kappa shape index (κ2) is 39.0. The number of hydrogen-bond acceptors (Lipinski definition) is 36. The highest BCUT2D eigenvalue weighted by atomic mass is 32.1. The van der Waals surface area contributed by atoms with E-state index < -0.39 is 159 Å². The molecule has 0 spiro atoms. The fourth-order valence-corrected chi connectivity index (χ4v) is 19.6. The maximum absolute atomic E-state index is 14.1. The minimum atomic E-state index is -4.94. The van der Waals surface area contributed by atoms with Gasteiger partial charge in [-0.25, -0.2) is 34.7 Å². The van der Waals surface area contributed by atoms with Gasteiger partial charge in [-0.2, -0.15) is 19.8 Å². The molecule has 130 heavy (non-hydrogen) atoms. The lowest BCUT2D eigenvalue weighted by atomic mass is 10.1. The molecule has 16 atom stereocenters. The standard InChI is InChI=1S/C85H90F9N19O14S3/c1-36(43-8-14-49(15-9-43)123-83(86,87)88)99-80-103-40(5)62(74(111-80)105-54-30-46(33-114)68(118)70(54)120)79-110-67-59(130-79)25-29-98-64(67)42(7)122-72-48(35-116)32-55(71(72)121)106-75-61(39(4)102-81(112-75)100-37(2)44-10-16-50(17-11-44)124-84(89,90)91)77-108-65-52(96-27-23-57(65)128-77)20-21-60(117)126-127-73-56(31-47(34-115)69(73)119)107-76-63(78-109-66-53(22-26-95)97-28-24-58(66)129-78)41(6)104-82(113-76)101-38(3)45-12-18-51(19-13-45)125-85(92,93)94/h8-19,23-25,27-29,36-38,42,46-48,54-56,68-73,114-116,118-121H,20-22,26,30-35,95H2,1-7H3,(H2,99,103,105,111)(H2,100,102,106,112)(H2,101,104,107,113)/t36-,37-,38-,42?,46-,47-,48-,54?,55?,56?,68-,69-,70+,71+,72-,73+/m1/s1. The summed E-state index contributed by atoms with van der Waals surface area (Å²) in [7, 11) is 0. The lowest BCUT2D eigenvalue weighted by molar-refractivity contribution is -0.310. The summed E-state index contributed by atoms with van der Waals surface area (Å²) in [5, 5.41) is 99.4. The Labute approximate surface area is 746 Å². The highest BCUT2D eigenvalue weighted by Gasteiger charge is 2.48. The number of aryl methyl sites for hydroxylation is 4. The van der Waals surface area contributed by atoms with Crippen molar-refractivity contribution in [2.75, 3.05) is 58.3 Å². The smallest absolute Gasteiger partial charge is 0.406 e. The number of nitrogens with zero attached hydrogens (tertiary/aromatic N) is 12. The van der Waals surface area contributed by atoms with Crippen LogP contribution in [0.2, 0.25) is 0 Å². The van der Waals surface area contributed by atoms with E-state index in [4.69, 9.17) is 70.1 Å². The van der Waals surface area contributed by atoms with E-state index in [-0.39, 0.29) is 67.4 Å². The van der Waals surface area contributed by atoms with Gasteiger partial charge in [-0.05, 0) is 146 Å². The second-order valence-electron chi connectivity index (χ2n) is 31.9. The first-order valence-corrected chi connectivity index (χ1v) is 43.8. The zero-order chi connectivity index (χ0) is 92.5. The van der Waals surface area contributed by atoms with Crippen LogP contribution in [-0.2, 0) is 32.1 Å². The highest BCUT2D eigenvalue weighted by Crippen LogP contribution is 2.46. The van der Waals surface area contributed by atoms with E-state index in [2.05, 4.69) is 56.1 Å². The molecule has 15 rings (SSSR count). The van der Waals surface area contributed by atoms with Gasteiger partial charge in [-0.3, -0.25) is 19.8 Å². The van der Waals surface area contributed by atoms with Gasteiger partial charge in [0.15, 0.2) is 6.10 Å². The number of rotatable bonds is 34. The van der Waals surface area contributed by atoms with Crippen LogP contribution in [0.15, 0.2) is 110 Å². The van der Waals surface area contributed by atoms with Gasteiger partial charge in [0.2, 0.25) is 17.8 Å². The molecule has 12 aromatic rings. The van der Waals surface area contributed by atoms with Gasteiger partial charge in [-0.15, -0.1) is 73.5 Å². The van der Waals surface area contributed by atoms with Gasteiger partial charge < -0.3 is 92.3 Å². The predicted octanol–water partition coefficient (Wildman–Crippen LogP) is 13.2. The average Bonchev–Trinajstić information content (AvgIpc) is 1.62. The lowest BCUT2D eigenvalue weighted by Crippen LogP contribution is -2.39. The first-order valence-electron chi connectivity index (χ1n) is 41.3. The molecule has 3 aromatic carbocycles. The summed E-state index contributed by atoms with van der Waals surface area (Å²) in [5.74, 6) is -3.61. The van der Waals surface area contributed by atoms with Gasteiger partial charge in [0.1, 0.15) is 78.5 Å². The van der Waals surface area contributed by atoms with Gasteiger partial charge >= 0.3 is 25.1 Å². The largest absolute Gasteiger partial charge is 0.573 e. The van der Waals surface area contributed by atoms with Gasteiger partial charge in [0.25, 0.3) is 0 Å². The molecule has 0 radical (unpaired) electrons. The number of carbonyl (C=O) groups is 1. The monoisotopic (exact) mass is 1870 g/mol. The Kier molecular flexibility index (Phi) is 28.0. The molecular formula is C85H90F9N19O14S3. The van der Waals surface area contributed by atoms with E-state index in [1.165, 1.54) is 113 Å². The van der Waals surface area contributed by atoms with Gasteiger partial charge in [-0.1, -0.05) is 36.4 Å². The number of aromatic nitrogens is 12. The minimum absolute atomic E-state index is 0.0452. The van der Waals surface area contributed by atoms with Crippen molar-refractivity contribution in [2.45, 2.75) is 185 Å². The van der Waals surface area contributed by atoms with Crippen molar-refractivity contribution in [1.82, 2.24) is 59.8 Å². The molecular weight excluding hydrogens is 1780 g/mol. The van der Waals surface area contributed by atoms with Crippen LogP contribution < -0.4 is 51.8 Å². The van der Waals surface area contributed by atoms with Crippen LogP contribution in [-0.4, -0.2) is 202 Å². The van der Waals surface area contributed by atoms with Crippen LogP contribution in [0.5, 0.6) is 17.2 Å². The predicted molar refractivity (Wildman–Crippen MR) is 462 cm³/mol. The van der Waals surface area contributed by atoms with E-state index in [0.29, 0.717) is 121 Å². The molecule has 15 N–H and O–H groups in total. The summed E-state index contributed by atoms with van der Waals surface area (Å²) >= 11 is 3.80. The van der Waals surface area contributed by atoms with Crippen LogP contribution in [0, 0.1) is 38.5 Å². The van der Waals surface area contributed by atoms with E-state index in [1.54, 1.807) is 73.0 Å². The maximum atomic E-state index is 14.1. The molecule has 3 aliphatic rings. The number of fused-ring (bicyclic) bond motifs is 3. The van der Waals surface area contributed by atoms with E-state index in [1.807, 2.05) is 6.07 Å². The number of ether oxygens (including phenoxy) is 4.